The van der Waals surface area contributed by atoms with Gasteiger partial charge < -0.3 is 0 Å². The minimum Gasteiger partial charge on any atom is -0.282 e. The van der Waals surface area contributed by atoms with Crippen molar-refractivity contribution < 1.29 is 13.0 Å². The summed E-state index contributed by atoms with van der Waals surface area (Å²) < 4.78 is 41.3. The molecule has 29 heavy (non-hydrogen) atoms. The molecule has 0 bridgehead atoms. The van der Waals surface area contributed by atoms with Crippen molar-refractivity contribution in [1.82, 2.24) is 4.67 Å². The lowest BCUT2D eigenvalue weighted by molar-refractivity contribution is 0.552. The molecule has 0 unspecified atom stereocenters. The summed E-state index contributed by atoms with van der Waals surface area (Å²) in [4.78, 5) is 4.62. The lowest BCUT2D eigenvalue weighted by atomic mass is 10.3. The van der Waals surface area contributed by atoms with E-state index >= 15 is 0 Å². The molecule has 0 aliphatic heterocycles. The van der Waals surface area contributed by atoms with Crippen LogP contribution in [0.25, 0.3) is 0 Å². The molecule has 2 rings (SSSR count). The Balaban J connectivity index is 2.40. The van der Waals surface area contributed by atoms with Crippen LogP contribution in [0.1, 0.15) is 26.7 Å². The first kappa shape index (κ1) is 24.1. The van der Waals surface area contributed by atoms with Gasteiger partial charge in [0.05, 0.1) is 16.9 Å². The van der Waals surface area contributed by atoms with Gasteiger partial charge in [-0.3, -0.25) is 9.24 Å². The molecule has 2 aromatic rings. The maximum absolute atomic E-state index is 13.9. The molecule has 0 N–H and O–H groups in total. The van der Waals surface area contributed by atoms with Crippen LogP contribution in [0.5, 0.6) is 0 Å². The fraction of sp³-hybridized carbons (Fsp3) is 0.350. The van der Waals surface area contributed by atoms with E-state index in [1.165, 1.54) is 33.8 Å². The fourth-order valence-electron chi connectivity index (χ4n) is 2.29. The smallest absolute Gasteiger partial charge is 0.281 e. The third-order valence-corrected chi connectivity index (χ3v) is 14.4. The van der Waals surface area contributed by atoms with Gasteiger partial charge in [0.1, 0.15) is 5.88 Å². The summed E-state index contributed by atoms with van der Waals surface area (Å²) in [6.07, 6.45) is 3.15. The Morgan fingerprint density at radius 1 is 0.931 bits per heavy atom. The third-order valence-electron chi connectivity index (χ3n) is 3.73. The van der Waals surface area contributed by atoms with Crippen molar-refractivity contribution in [3.8, 4) is 0 Å². The predicted octanol–water partition coefficient (Wildman–Crippen LogP) is 6.47. The van der Waals surface area contributed by atoms with Gasteiger partial charge in [0, 0.05) is 11.5 Å². The second-order valence-electron chi connectivity index (χ2n) is 6.21. The summed E-state index contributed by atoms with van der Waals surface area (Å²) in [5.41, 5.74) is -2.40. The number of sulfone groups is 1. The second kappa shape index (κ2) is 11.8. The SMILES string of the molecule is CCCSP(=O)(SCCC)N(C=Nc1ccccc1)CS(=O)(=O)c1ccccc1. The molecule has 0 amide bonds. The van der Waals surface area contributed by atoms with E-state index in [2.05, 4.69) is 4.99 Å². The van der Waals surface area contributed by atoms with Gasteiger partial charge in [0.15, 0.2) is 9.84 Å². The molecule has 0 aromatic heterocycles. The van der Waals surface area contributed by atoms with Crippen LogP contribution in [0.3, 0.4) is 0 Å². The first-order valence-corrected chi connectivity index (χ1v) is 15.9. The normalized spacial score (nSPS) is 12.3. The largest absolute Gasteiger partial charge is 0.282 e. The van der Waals surface area contributed by atoms with Gasteiger partial charge in [-0.25, -0.2) is 13.4 Å². The molecule has 0 radical (unpaired) electrons. The Labute approximate surface area is 182 Å². The highest BCUT2D eigenvalue weighted by Crippen LogP contribution is 2.71. The lowest BCUT2D eigenvalue weighted by Crippen LogP contribution is -2.25. The van der Waals surface area contributed by atoms with Gasteiger partial charge in [0.2, 0.25) is 0 Å². The number of benzene rings is 2. The molecule has 0 aliphatic carbocycles. The highest BCUT2D eigenvalue weighted by Gasteiger charge is 2.33. The van der Waals surface area contributed by atoms with Crippen molar-refractivity contribution in [3.63, 3.8) is 0 Å². The zero-order valence-electron chi connectivity index (χ0n) is 16.7. The van der Waals surface area contributed by atoms with Gasteiger partial charge in [0.25, 0.3) is 5.70 Å². The molecule has 0 atom stereocenters. The van der Waals surface area contributed by atoms with E-state index in [9.17, 15) is 13.0 Å². The molecule has 0 aliphatic rings. The van der Waals surface area contributed by atoms with Crippen LogP contribution in [-0.2, 0) is 14.4 Å². The van der Waals surface area contributed by atoms with Crippen molar-refractivity contribution in [2.24, 2.45) is 4.99 Å². The van der Waals surface area contributed by atoms with Crippen LogP contribution in [0.4, 0.5) is 5.69 Å². The minimum atomic E-state index is -3.66. The molecule has 0 spiro atoms. The number of nitrogens with zero attached hydrogens (tertiary/aromatic N) is 2. The molecule has 0 saturated heterocycles. The average Bonchev–Trinajstić information content (AvgIpc) is 2.75. The summed E-state index contributed by atoms with van der Waals surface area (Å²) in [6.45, 7) is 4.04. The standard InChI is InChI=1S/C20H27N2O3PS3/c1-3-15-27-26(23,28-16-4-2)22(17-21-19-11-7-5-8-12-19)18-29(24,25)20-13-9-6-10-14-20/h5-14,17H,3-4,15-16,18H2,1-2H3. The Morgan fingerprint density at radius 2 is 1.45 bits per heavy atom. The van der Waals surface area contributed by atoms with Crippen LogP contribution in [0, 0.1) is 0 Å². The predicted molar refractivity (Wildman–Crippen MR) is 128 cm³/mol. The minimum absolute atomic E-state index is 0.214. The number of para-hydroxylation sites is 1. The van der Waals surface area contributed by atoms with E-state index < -0.39 is 15.5 Å². The number of hydrogen-bond acceptors (Lipinski definition) is 6. The van der Waals surface area contributed by atoms with Crippen LogP contribution in [-0.4, -0.2) is 36.8 Å². The fourth-order valence-corrected chi connectivity index (χ4v) is 12.5. The van der Waals surface area contributed by atoms with Gasteiger partial charge in [-0.2, -0.15) is 0 Å². The van der Waals surface area contributed by atoms with Crippen molar-refractivity contribution in [1.29, 1.82) is 0 Å². The summed E-state index contributed by atoms with van der Waals surface area (Å²) in [7, 11) is -3.66. The van der Waals surface area contributed by atoms with Crippen molar-refractivity contribution in [2.45, 2.75) is 31.6 Å². The molecule has 0 saturated carbocycles. The van der Waals surface area contributed by atoms with Crippen molar-refractivity contribution >= 4 is 50.3 Å². The van der Waals surface area contributed by atoms with Gasteiger partial charge in [-0.15, -0.1) is 0 Å². The maximum Gasteiger partial charge on any atom is 0.281 e. The van der Waals surface area contributed by atoms with Gasteiger partial charge in [-0.1, -0.05) is 73.0 Å². The number of aliphatic imine (C=N–C) groups is 1. The number of hydrogen-bond donors (Lipinski definition) is 0. The van der Waals surface area contributed by atoms with E-state index in [0.717, 1.165) is 12.8 Å². The first-order chi connectivity index (χ1) is 13.9. The Morgan fingerprint density at radius 3 is 1.97 bits per heavy atom. The van der Waals surface area contributed by atoms with Crippen LogP contribution < -0.4 is 0 Å². The van der Waals surface area contributed by atoms with E-state index in [4.69, 9.17) is 0 Å². The molecular weight excluding hydrogens is 443 g/mol. The molecular formula is C20H27N2O3PS3. The lowest BCUT2D eigenvalue weighted by Gasteiger charge is -2.28. The van der Waals surface area contributed by atoms with Gasteiger partial charge >= 0.3 is 0 Å². The summed E-state index contributed by atoms with van der Waals surface area (Å²) >= 11 is 2.66. The summed E-state index contributed by atoms with van der Waals surface area (Å²) in [6, 6.07) is 17.5. The first-order valence-electron chi connectivity index (χ1n) is 9.44. The third kappa shape index (κ3) is 7.52. The van der Waals surface area contributed by atoms with E-state index in [1.54, 1.807) is 30.3 Å². The Bertz CT molecular complexity index is 911. The number of rotatable bonds is 12. The van der Waals surface area contributed by atoms with Crippen LogP contribution in [0.2, 0.25) is 0 Å². The zero-order chi connectivity index (χ0) is 21.2. The highest BCUT2D eigenvalue weighted by atomic mass is 33.1. The topological polar surface area (TPSA) is 66.8 Å². The van der Waals surface area contributed by atoms with Crippen LogP contribution >= 0.6 is 28.5 Å². The Kier molecular flexibility index (Phi) is 9.83. The van der Waals surface area contributed by atoms with Crippen molar-refractivity contribution in [3.05, 3.63) is 60.7 Å². The van der Waals surface area contributed by atoms with E-state index in [0.29, 0.717) is 17.2 Å². The average molecular weight is 471 g/mol. The highest BCUT2D eigenvalue weighted by molar-refractivity contribution is 8.90. The van der Waals surface area contributed by atoms with Gasteiger partial charge in [-0.05, 0) is 37.1 Å². The molecule has 9 heteroatoms. The monoisotopic (exact) mass is 470 g/mol. The van der Waals surface area contributed by atoms with Crippen molar-refractivity contribution in [2.75, 3.05) is 17.4 Å². The van der Waals surface area contributed by atoms with Crippen LogP contribution in [0.15, 0.2) is 70.6 Å². The molecule has 158 valence electrons. The Hall–Kier alpha value is -1.21. The summed E-state index contributed by atoms with van der Waals surface area (Å²) in [5.74, 6) is 1.00. The van der Waals surface area contributed by atoms with E-state index in [1.807, 2.05) is 44.2 Å². The second-order valence-corrected chi connectivity index (χ2v) is 16.2. The molecule has 0 heterocycles. The molecule has 5 nitrogen and oxygen atoms in total. The molecule has 0 fully saturated rings. The summed E-state index contributed by atoms with van der Waals surface area (Å²) in [5, 5.41) is 0. The van der Waals surface area contributed by atoms with E-state index in [-0.39, 0.29) is 10.8 Å². The maximum atomic E-state index is 13.9. The zero-order valence-corrected chi connectivity index (χ0v) is 20.0. The quantitative estimate of drug-likeness (QED) is 0.201. The molecule has 2 aromatic carbocycles.